The van der Waals surface area contributed by atoms with E-state index in [1.807, 2.05) is 84.9 Å². The lowest BCUT2D eigenvalue weighted by Crippen LogP contribution is -2.45. The molecule has 36 heavy (non-hydrogen) atoms. The Bertz CT molecular complexity index is 1490. The largest absolute Gasteiger partial charge is 0.497 e. The molecule has 8 heteroatoms. The van der Waals surface area contributed by atoms with Crippen LogP contribution < -0.4 is 10.1 Å². The molecule has 1 aliphatic heterocycles. The van der Waals surface area contributed by atoms with Gasteiger partial charge in [0.05, 0.1) is 24.6 Å². The van der Waals surface area contributed by atoms with E-state index in [1.165, 1.54) is 0 Å². The van der Waals surface area contributed by atoms with Crippen LogP contribution in [0.15, 0.2) is 83.8 Å². The highest BCUT2D eigenvalue weighted by Crippen LogP contribution is 2.45. The van der Waals surface area contributed by atoms with Gasteiger partial charge < -0.3 is 14.8 Å². The van der Waals surface area contributed by atoms with E-state index in [9.17, 15) is 14.9 Å². The van der Waals surface area contributed by atoms with E-state index in [1.54, 1.807) is 23.6 Å². The minimum atomic E-state index is -2.10. The smallest absolute Gasteiger partial charge is 0.254 e. The van der Waals surface area contributed by atoms with E-state index in [2.05, 4.69) is 5.32 Å². The quantitative estimate of drug-likeness (QED) is 0.302. The Hall–Kier alpha value is -4.35. The van der Waals surface area contributed by atoms with Gasteiger partial charge in [-0.15, -0.1) is 11.8 Å². The fourth-order valence-corrected chi connectivity index (χ4v) is 5.38. The summed E-state index contributed by atoms with van der Waals surface area (Å²) in [4.78, 5) is 27.0. The highest BCUT2D eigenvalue weighted by Gasteiger charge is 2.47. The number of hydrogen-bond donors (Lipinski definition) is 1. The maximum atomic E-state index is 13.4. The molecule has 1 unspecified atom stereocenters. The summed E-state index contributed by atoms with van der Waals surface area (Å²) in [5.41, 5.74) is 1.96. The van der Waals surface area contributed by atoms with Gasteiger partial charge in [-0.2, -0.15) is 10.4 Å². The molecule has 1 aliphatic rings. The predicted octanol–water partition coefficient (Wildman–Crippen LogP) is 4.43. The molecule has 5 rings (SSSR count). The van der Waals surface area contributed by atoms with Gasteiger partial charge >= 0.3 is 0 Å². The van der Waals surface area contributed by atoms with Crippen LogP contribution in [0.3, 0.4) is 0 Å². The first kappa shape index (κ1) is 23.4. The van der Waals surface area contributed by atoms with Gasteiger partial charge in [0.15, 0.2) is 6.29 Å². The van der Waals surface area contributed by atoms with Gasteiger partial charge in [0.2, 0.25) is 5.41 Å². The molecule has 1 amide bonds. The number of thioether (sulfide) groups is 1. The van der Waals surface area contributed by atoms with Gasteiger partial charge in [0, 0.05) is 34.4 Å². The Morgan fingerprint density at radius 2 is 1.94 bits per heavy atom. The van der Waals surface area contributed by atoms with E-state index >= 15 is 0 Å². The van der Waals surface area contributed by atoms with E-state index in [0.29, 0.717) is 29.0 Å². The summed E-state index contributed by atoms with van der Waals surface area (Å²) in [5.74, 6) is 0.402. The first-order chi connectivity index (χ1) is 17.6. The van der Waals surface area contributed by atoms with Crippen molar-refractivity contribution in [3.63, 3.8) is 0 Å². The lowest BCUT2D eigenvalue weighted by atomic mass is 9.83. The number of methoxy groups -OCH3 is 1. The Morgan fingerprint density at radius 1 is 1.17 bits per heavy atom. The molecule has 3 aromatic carbocycles. The van der Waals surface area contributed by atoms with Crippen molar-refractivity contribution in [2.45, 2.75) is 22.6 Å². The summed E-state index contributed by atoms with van der Waals surface area (Å²) in [5, 5.41) is 17.8. The minimum absolute atomic E-state index is 0.144. The minimum Gasteiger partial charge on any atom is -0.497 e. The van der Waals surface area contributed by atoms with Crippen molar-refractivity contribution in [1.29, 1.82) is 5.26 Å². The zero-order chi connectivity index (χ0) is 25.1. The molecule has 0 saturated carbocycles. The third-order valence-corrected chi connectivity index (χ3v) is 7.28. The van der Waals surface area contributed by atoms with Crippen LogP contribution >= 0.6 is 11.8 Å². The molecule has 7 nitrogen and oxygen atoms in total. The van der Waals surface area contributed by atoms with Crippen LogP contribution in [-0.2, 0) is 27.3 Å². The second kappa shape index (κ2) is 9.72. The maximum Gasteiger partial charge on any atom is 0.254 e. The van der Waals surface area contributed by atoms with Crippen LogP contribution in [0, 0.1) is 11.3 Å². The number of nitrogens with zero attached hydrogens (tertiary/aromatic N) is 3. The highest BCUT2D eigenvalue weighted by molar-refractivity contribution is 7.98. The van der Waals surface area contributed by atoms with Gasteiger partial charge in [-0.25, -0.2) is 4.68 Å². The Balaban J connectivity index is 1.67. The number of nitrogens with one attached hydrogen (secondary N) is 1. The van der Waals surface area contributed by atoms with Crippen molar-refractivity contribution in [1.82, 2.24) is 15.1 Å². The van der Waals surface area contributed by atoms with Gasteiger partial charge in [0.1, 0.15) is 11.4 Å². The number of aromatic nitrogens is 2. The molecule has 4 aromatic rings. The van der Waals surface area contributed by atoms with Crippen LogP contribution in [0.2, 0.25) is 0 Å². The molecule has 1 aromatic heterocycles. The molecule has 178 valence electrons. The number of rotatable bonds is 7. The number of fused-ring (bicyclic) bond motifs is 3. The van der Waals surface area contributed by atoms with Crippen LogP contribution in [-0.4, -0.2) is 29.1 Å². The first-order valence-electron chi connectivity index (χ1n) is 11.3. The van der Waals surface area contributed by atoms with Crippen LogP contribution in [0.4, 0.5) is 0 Å². The normalized spacial score (nSPS) is 13.4. The Labute approximate surface area is 212 Å². The second-order valence-corrected chi connectivity index (χ2v) is 9.30. The molecule has 0 fully saturated rings. The fraction of sp³-hybridized carbons (Fsp3) is 0.143. The Morgan fingerprint density at radius 3 is 2.69 bits per heavy atom. The summed E-state index contributed by atoms with van der Waals surface area (Å²) < 4.78 is 7.10. The van der Waals surface area contributed by atoms with E-state index in [4.69, 9.17) is 9.84 Å². The number of amides is 1. The van der Waals surface area contributed by atoms with E-state index in [-0.39, 0.29) is 12.2 Å². The lowest BCUT2D eigenvalue weighted by Gasteiger charge is -2.21. The maximum absolute atomic E-state index is 13.4. The molecule has 1 N–H and O–H groups in total. The topological polar surface area (TPSA) is 97.0 Å². The average molecular weight is 495 g/mol. The first-order valence-corrected chi connectivity index (χ1v) is 12.3. The number of carbonyl (C=O) groups is 2. The fourth-order valence-electron chi connectivity index (χ4n) is 4.31. The number of nitriles is 1. The van der Waals surface area contributed by atoms with Crippen LogP contribution in [0.5, 0.6) is 5.75 Å². The number of benzene rings is 3. The molecule has 0 saturated heterocycles. The van der Waals surface area contributed by atoms with Gasteiger partial charge in [-0.05, 0) is 23.8 Å². The number of hydrogen-bond acceptors (Lipinski definition) is 6. The predicted molar refractivity (Wildman–Crippen MR) is 137 cm³/mol. The number of aldehydes is 1. The number of ether oxygens (including phenoxy) is 1. The molecule has 0 aliphatic carbocycles. The molecule has 1 atom stereocenters. The zero-order valence-electron chi connectivity index (χ0n) is 19.5. The second-order valence-electron chi connectivity index (χ2n) is 8.28. The molecular formula is C28H22N4O3S. The summed E-state index contributed by atoms with van der Waals surface area (Å²) in [6, 6.07) is 26.6. The third kappa shape index (κ3) is 3.93. The standard InChI is InChI=1S/C28H22N4O3S/c1-35-21-11-7-10-20(14-21)32-25-22-12-5-6-13-24(22)36-16-23(25)26(31-32)28(17-29,18-33)27(34)30-15-19-8-3-2-4-9-19/h2-14,18H,15-16H2,1H3,(H,30,34). The number of carbonyl (C=O) groups excluding carboxylic acids is 2. The summed E-state index contributed by atoms with van der Waals surface area (Å²) >= 11 is 1.59. The summed E-state index contributed by atoms with van der Waals surface area (Å²) in [7, 11) is 1.58. The van der Waals surface area contributed by atoms with Crippen molar-refractivity contribution in [3.05, 3.63) is 95.7 Å². The van der Waals surface area contributed by atoms with Crippen molar-refractivity contribution in [3.8, 4) is 28.8 Å². The lowest BCUT2D eigenvalue weighted by molar-refractivity contribution is -0.129. The van der Waals surface area contributed by atoms with Crippen molar-refractivity contribution in [2.24, 2.45) is 0 Å². The van der Waals surface area contributed by atoms with Gasteiger partial charge in [0.25, 0.3) is 5.91 Å². The summed E-state index contributed by atoms with van der Waals surface area (Å²) in [6.45, 7) is 0.188. The van der Waals surface area contributed by atoms with Crippen LogP contribution in [0.25, 0.3) is 16.9 Å². The van der Waals surface area contributed by atoms with Crippen molar-refractivity contribution < 1.29 is 14.3 Å². The molecule has 0 radical (unpaired) electrons. The van der Waals surface area contributed by atoms with Crippen LogP contribution in [0.1, 0.15) is 16.8 Å². The summed E-state index contributed by atoms with van der Waals surface area (Å²) in [6.07, 6.45) is 0.400. The SMILES string of the molecule is COc1cccc(-n2nc(C(C#N)(C=O)C(=O)NCc3ccccc3)c3c2-c2ccccc2SC3)c1. The van der Waals surface area contributed by atoms with E-state index in [0.717, 1.165) is 21.7 Å². The monoisotopic (exact) mass is 494 g/mol. The molecule has 0 bridgehead atoms. The van der Waals surface area contributed by atoms with Gasteiger partial charge in [-0.1, -0.05) is 54.6 Å². The molecule has 2 heterocycles. The average Bonchev–Trinajstić information content (AvgIpc) is 3.34. The Kier molecular flexibility index (Phi) is 6.32. The zero-order valence-corrected chi connectivity index (χ0v) is 20.3. The van der Waals surface area contributed by atoms with Crippen molar-refractivity contribution in [2.75, 3.05) is 7.11 Å². The molecular weight excluding hydrogens is 472 g/mol. The third-order valence-electron chi connectivity index (χ3n) is 6.18. The van der Waals surface area contributed by atoms with Gasteiger partial charge in [-0.3, -0.25) is 4.79 Å². The highest BCUT2D eigenvalue weighted by atomic mass is 32.2. The van der Waals surface area contributed by atoms with Crippen molar-refractivity contribution >= 4 is 24.0 Å². The molecule has 0 spiro atoms. The van der Waals surface area contributed by atoms with E-state index < -0.39 is 11.3 Å².